The fourth-order valence-electron chi connectivity index (χ4n) is 6.76. The van der Waals surface area contributed by atoms with E-state index < -0.39 is 124 Å². The first-order valence-corrected chi connectivity index (χ1v) is 24.8. The zero-order valence-electron chi connectivity index (χ0n) is 38.1. The van der Waals surface area contributed by atoms with E-state index in [1.807, 2.05) is 0 Å². The number of ketones is 8. The summed E-state index contributed by atoms with van der Waals surface area (Å²) >= 11 is -6.87. The van der Waals surface area contributed by atoms with Crippen molar-refractivity contribution in [2.24, 2.45) is 43.3 Å². The normalized spacial score (nSPS) is 14.6. The van der Waals surface area contributed by atoms with Crippen LogP contribution in [0.3, 0.4) is 0 Å². The molecule has 0 fully saturated rings. The minimum absolute atomic E-state index is 0.677. The Bertz CT molecular complexity index is 1150. The average molecular weight is 824 g/mol. The molecule has 0 aliphatic heterocycles. The van der Waals surface area contributed by atoms with Gasteiger partial charge in [0.15, 0.2) is 0 Å². The molecule has 0 rings (SSSR count). The molecule has 0 aliphatic rings. The molecule has 0 spiro atoms. The van der Waals surface area contributed by atoms with Crippen molar-refractivity contribution < 1.29 is 58.6 Å². The number of rotatable bonds is 12. The summed E-state index contributed by atoms with van der Waals surface area (Å²) in [5.74, 6) is -5.42. The summed E-state index contributed by atoms with van der Waals surface area (Å²) in [6.07, 6.45) is 0. The molecule has 0 aromatic carbocycles. The molecule has 0 aromatic heterocycles. The van der Waals surface area contributed by atoms with Crippen LogP contribution >= 0.6 is 0 Å². The third kappa shape index (κ3) is 11.2. The fraction of sp³-hybridized carbons (Fsp3) is 0.818. The van der Waals surface area contributed by atoms with Gasteiger partial charge in [-0.1, -0.05) is 0 Å². The predicted molar refractivity (Wildman–Crippen MR) is 211 cm³/mol. The van der Waals surface area contributed by atoms with Gasteiger partial charge in [-0.05, 0) is 0 Å². The van der Waals surface area contributed by atoms with Crippen LogP contribution in [0, 0.1) is 43.3 Å². The third-order valence-electron chi connectivity index (χ3n) is 10.0. The second kappa shape index (κ2) is 15.6. The Labute approximate surface area is 327 Å². The average Bonchev–Trinajstić information content (AvgIpc) is 2.88. The molecule has 0 radical (unpaired) electrons. The first kappa shape index (κ1) is 51.2. The van der Waals surface area contributed by atoms with Gasteiger partial charge in [0.05, 0.1) is 0 Å². The molecular weight excluding hydrogens is 748 g/mol. The molecule has 0 heterocycles. The standard InChI is InChI=1S/4C11H19O2.Zr/c4*1-10(2,3)8(12)7-9(13)11(4,5)6;/h4*7H,1-6H3;. The van der Waals surface area contributed by atoms with E-state index in [1.54, 1.807) is 166 Å². The van der Waals surface area contributed by atoms with E-state index in [4.69, 9.17) is 0 Å². The topological polar surface area (TPSA) is 137 Å². The summed E-state index contributed by atoms with van der Waals surface area (Å²) in [7, 11) is 0. The van der Waals surface area contributed by atoms with Gasteiger partial charge in [-0.25, -0.2) is 0 Å². The molecule has 0 bridgehead atoms. The van der Waals surface area contributed by atoms with Gasteiger partial charge in [0.25, 0.3) is 0 Å². The van der Waals surface area contributed by atoms with Crippen molar-refractivity contribution in [1.29, 1.82) is 0 Å². The maximum absolute atomic E-state index is 15.6. The number of hydrogen-bond acceptors (Lipinski definition) is 8. The first-order chi connectivity index (χ1) is 22.7. The van der Waals surface area contributed by atoms with Crippen LogP contribution < -0.4 is 0 Å². The Morgan fingerprint density at radius 3 is 0.358 bits per heavy atom. The maximum atomic E-state index is 15.6. The zero-order chi connectivity index (χ0) is 43.4. The van der Waals surface area contributed by atoms with E-state index in [0.717, 1.165) is 0 Å². The van der Waals surface area contributed by atoms with E-state index in [0.29, 0.717) is 0 Å². The molecule has 0 N–H and O–H groups in total. The molecule has 9 heteroatoms. The van der Waals surface area contributed by atoms with Gasteiger partial charge < -0.3 is 0 Å². The third-order valence-corrected chi connectivity index (χ3v) is 25.0. The molecule has 0 atom stereocenters. The molecule has 0 unspecified atom stereocenters. The SMILES string of the molecule is CC(C)(C)C(=O)[CH](C(=O)C(C)(C)C)[Zr]([CH](C(=O)C(C)(C)C)C(=O)C(C)(C)C)([CH](C(=O)C(C)(C)C)C(=O)C(C)(C)C)[CH](C(=O)C(C)(C)C)C(=O)C(C)(C)C. The van der Waals surface area contributed by atoms with Crippen molar-refractivity contribution in [1.82, 2.24) is 0 Å². The van der Waals surface area contributed by atoms with Crippen molar-refractivity contribution in [3.63, 3.8) is 0 Å². The number of Topliss-reactive ketones (excluding diaryl/α,β-unsaturated/α-hetero) is 8. The molecule has 0 aromatic rings. The Morgan fingerprint density at radius 2 is 0.302 bits per heavy atom. The van der Waals surface area contributed by atoms with Crippen LogP contribution in [0.4, 0.5) is 0 Å². The molecule has 0 amide bonds. The van der Waals surface area contributed by atoms with Gasteiger partial charge in [-0.15, -0.1) is 0 Å². The molecule has 304 valence electrons. The zero-order valence-corrected chi connectivity index (χ0v) is 40.5. The molecular formula is C44H76O8Zr. The molecule has 0 saturated heterocycles. The van der Waals surface area contributed by atoms with E-state index in [9.17, 15) is 0 Å². The van der Waals surface area contributed by atoms with Gasteiger partial charge in [0.1, 0.15) is 0 Å². The second-order valence-electron chi connectivity index (χ2n) is 23.6. The molecule has 8 nitrogen and oxygen atoms in total. The van der Waals surface area contributed by atoms with Crippen LogP contribution in [0.2, 0.25) is 14.5 Å². The van der Waals surface area contributed by atoms with E-state index in [-0.39, 0.29) is 0 Å². The van der Waals surface area contributed by atoms with Gasteiger partial charge in [0.2, 0.25) is 0 Å². The quantitative estimate of drug-likeness (QED) is 0.177. The summed E-state index contributed by atoms with van der Waals surface area (Å²) in [4.78, 5) is 125. The van der Waals surface area contributed by atoms with Crippen molar-refractivity contribution in [2.45, 2.75) is 181 Å². The Morgan fingerprint density at radius 1 is 0.226 bits per heavy atom. The molecule has 0 aliphatic carbocycles. The Kier molecular flexibility index (Phi) is 15.1. The summed E-state index contributed by atoms with van der Waals surface area (Å²) in [6.45, 7) is 38.7. The monoisotopic (exact) mass is 822 g/mol. The minimum atomic E-state index is -6.87. The van der Waals surface area contributed by atoms with Gasteiger partial charge >= 0.3 is 329 Å². The van der Waals surface area contributed by atoms with Crippen molar-refractivity contribution in [3.8, 4) is 0 Å². The van der Waals surface area contributed by atoms with Gasteiger partial charge in [-0.3, -0.25) is 0 Å². The van der Waals surface area contributed by atoms with Crippen LogP contribution in [-0.2, 0) is 58.6 Å². The molecule has 53 heavy (non-hydrogen) atoms. The molecule has 0 saturated carbocycles. The second-order valence-corrected chi connectivity index (χ2v) is 34.2. The summed E-state index contributed by atoms with van der Waals surface area (Å²) in [5, 5.41) is 0. The number of carbonyl (C=O) groups is 8. The van der Waals surface area contributed by atoms with Crippen LogP contribution in [0.5, 0.6) is 0 Å². The Balaban J connectivity index is 10.8. The van der Waals surface area contributed by atoms with Crippen molar-refractivity contribution in [3.05, 3.63) is 0 Å². The van der Waals surface area contributed by atoms with E-state index >= 15 is 38.4 Å². The van der Waals surface area contributed by atoms with Crippen LogP contribution in [0.25, 0.3) is 0 Å². The first-order valence-electron chi connectivity index (χ1n) is 19.1. The Hall–Kier alpha value is -1.76. The number of hydrogen-bond donors (Lipinski definition) is 0. The number of carbonyl (C=O) groups excluding carboxylic acids is 8. The van der Waals surface area contributed by atoms with Crippen LogP contribution in [-0.4, -0.2) is 46.3 Å². The fourth-order valence-corrected chi connectivity index (χ4v) is 29.1. The van der Waals surface area contributed by atoms with Crippen molar-refractivity contribution >= 4 is 46.3 Å². The van der Waals surface area contributed by atoms with E-state index in [2.05, 4.69) is 0 Å². The summed E-state index contributed by atoms with van der Waals surface area (Å²) in [6, 6.07) is 0. The van der Waals surface area contributed by atoms with Gasteiger partial charge in [0, 0.05) is 0 Å². The van der Waals surface area contributed by atoms with Crippen LogP contribution in [0.1, 0.15) is 166 Å². The summed E-state index contributed by atoms with van der Waals surface area (Å²) in [5.41, 5.74) is -10.6. The summed E-state index contributed by atoms with van der Waals surface area (Å²) < 4.78 is -7.57. The van der Waals surface area contributed by atoms with E-state index in [1.165, 1.54) is 0 Å². The van der Waals surface area contributed by atoms with Gasteiger partial charge in [-0.2, -0.15) is 0 Å². The predicted octanol–water partition coefficient (Wildman–Crippen LogP) is 10.2. The van der Waals surface area contributed by atoms with Crippen molar-refractivity contribution in [2.75, 3.05) is 0 Å². The van der Waals surface area contributed by atoms with Crippen LogP contribution in [0.15, 0.2) is 0 Å².